The molecule has 1 aromatic carbocycles. The van der Waals surface area contributed by atoms with Crippen LogP contribution >= 0.6 is 0 Å². The number of anilines is 1. The van der Waals surface area contributed by atoms with E-state index in [9.17, 15) is 4.39 Å². The normalized spacial score (nSPS) is 16.0. The summed E-state index contributed by atoms with van der Waals surface area (Å²) in [6.07, 6.45) is 11.3. The van der Waals surface area contributed by atoms with Crippen LogP contribution in [0.4, 0.5) is 10.3 Å². The summed E-state index contributed by atoms with van der Waals surface area (Å²) in [4.78, 5) is 4.43. The molecule has 2 aromatic rings. The monoisotopic (exact) mass is 287 g/mol. The molecule has 0 aliphatic heterocycles. The van der Waals surface area contributed by atoms with Crippen LogP contribution in [0.15, 0.2) is 36.7 Å². The van der Waals surface area contributed by atoms with Gasteiger partial charge in [0.05, 0.1) is 0 Å². The summed E-state index contributed by atoms with van der Waals surface area (Å²) in [5.74, 6) is 0.781. The predicted molar refractivity (Wildman–Crippen MR) is 82.9 cm³/mol. The molecule has 112 valence electrons. The molecule has 0 bridgehead atoms. The number of hydrogen-bond donors (Lipinski definition) is 1. The topological polar surface area (TPSA) is 29.9 Å². The summed E-state index contributed by atoms with van der Waals surface area (Å²) in [5, 5.41) is 3.41. The van der Waals surface area contributed by atoms with Gasteiger partial charge >= 0.3 is 0 Å². The highest BCUT2D eigenvalue weighted by Gasteiger charge is 2.17. The highest BCUT2D eigenvalue weighted by atomic mass is 19.1. The Morgan fingerprint density at radius 2 is 1.90 bits per heavy atom. The first-order valence-corrected chi connectivity index (χ1v) is 7.84. The second kappa shape index (κ2) is 6.74. The van der Waals surface area contributed by atoms with Crippen molar-refractivity contribution in [1.29, 1.82) is 0 Å². The third kappa shape index (κ3) is 3.63. The standard InChI is InChI=1S/C17H22FN3/c18-15-8-6-14(7-9-15)10-11-19-17-20-12-13-21(17)16-4-2-1-3-5-16/h6-9,12-13,16H,1-5,10-11H2,(H,19,20). The Morgan fingerprint density at radius 1 is 1.14 bits per heavy atom. The SMILES string of the molecule is Fc1ccc(CCNc2nccn2C2CCCCC2)cc1. The van der Waals surface area contributed by atoms with Crippen molar-refractivity contribution in [3.05, 3.63) is 48.0 Å². The van der Waals surface area contributed by atoms with Crippen LogP contribution in [-0.4, -0.2) is 16.1 Å². The number of nitrogens with one attached hydrogen (secondary N) is 1. The highest BCUT2D eigenvalue weighted by Crippen LogP contribution is 2.30. The smallest absolute Gasteiger partial charge is 0.203 e. The molecular weight excluding hydrogens is 265 g/mol. The van der Waals surface area contributed by atoms with Crippen LogP contribution in [0.3, 0.4) is 0 Å². The molecule has 3 rings (SSSR count). The molecule has 3 nitrogen and oxygen atoms in total. The lowest BCUT2D eigenvalue weighted by molar-refractivity contribution is 0.356. The van der Waals surface area contributed by atoms with E-state index in [0.717, 1.165) is 24.5 Å². The van der Waals surface area contributed by atoms with E-state index in [2.05, 4.69) is 21.1 Å². The fraction of sp³-hybridized carbons (Fsp3) is 0.471. The van der Waals surface area contributed by atoms with Gasteiger partial charge in [0.25, 0.3) is 0 Å². The molecule has 1 saturated carbocycles. The van der Waals surface area contributed by atoms with Crippen molar-refractivity contribution >= 4 is 5.95 Å². The van der Waals surface area contributed by atoms with E-state index in [4.69, 9.17) is 0 Å². The Hall–Kier alpha value is -1.84. The first-order chi connectivity index (χ1) is 10.3. The first-order valence-electron chi connectivity index (χ1n) is 7.84. The number of aromatic nitrogens is 2. The van der Waals surface area contributed by atoms with E-state index in [1.807, 2.05) is 18.3 Å². The molecule has 0 amide bonds. The second-order valence-corrected chi connectivity index (χ2v) is 5.75. The quantitative estimate of drug-likeness (QED) is 0.894. The fourth-order valence-corrected chi connectivity index (χ4v) is 3.07. The van der Waals surface area contributed by atoms with Gasteiger partial charge in [-0.2, -0.15) is 0 Å². The Labute approximate surface area is 125 Å². The molecule has 4 heteroatoms. The average Bonchev–Trinajstić information content (AvgIpc) is 2.99. The summed E-state index contributed by atoms with van der Waals surface area (Å²) < 4.78 is 15.1. The maximum Gasteiger partial charge on any atom is 0.203 e. The maximum absolute atomic E-state index is 12.9. The van der Waals surface area contributed by atoms with Crippen LogP contribution in [0.25, 0.3) is 0 Å². The second-order valence-electron chi connectivity index (χ2n) is 5.75. The Balaban J connectivity index is 1.55. The molecule has 0 saturated heterocycles. The van der Waals surface area contributed by atoms with Gasteiger partial charge in [-0.3, -0.25) is 0 Å². The van der Waals surface area contributed by atoms with Crippen LogP contribution in [0.5, 0.6) is 0 Å². The minimum absolute atomic E-state index is 0.181. The van der Waals surface area contributed by atoms with E-state index in [1.165, 1.54) is 44.2 Å². The first kappa shape index (κ1) is 14.1. The van der Waals surface area contributed by atoms with Crippen LogP contribution in [-0.2, 0) is 6.42 Å². The van der Waals surface area contributed by atoms with Crippen molar-refractivity contribution in [2.45, 2.75) is 44.6 Å². The lowest BCUT2D eigenvalue weighted by Crippen LogP contribution is -2.16. The fourth-order valence-electron chi connectivity index (χ4n) is 3.07. The third-order valence-corrected chi connectivity index (χ3v) is 4.25. The molecule has 0 spiro atoms. The predicted octanol–water partition coefficient (Wildman–Crippen LogP) is 4.18. The molecule has 0 atom stereocenters. The van der Waals surface area contributed by atoms with Crippen LogP contribution in [0, 0.1) is 5.82 Å². The highest BCUT2D eigenvalue weighted by molar-refractivity contribution is 5.28. The van der Waals surface area contributed by atoms with Gasteiger partial charge in [-0.15, -0.1) is 0 Å². The number of imidazole rings is 1. The molecule has 0 unspecified atom stereocenters. The van der Waals surface area contributed by atoms with Crippen LogP contribution in [0.2, 0.25) is 0 Å². The number of rotatable bonds is 5. The Morgan fingerprint density at radius 3 is 2.67 bits per heavy atom. The molecule has 1 aromatic heterocycles. The van der Waals surface area contributed by atoms with Crippen molar-refractivity contribution in [3.8, 4) is 0 Å². The molecular formula is C17H22FN3. The van der Waals surface area contributed by atoms with Crippen molar-refractivity contribution in [2.75, 3.05) is 11.9 Å². The number of hydrogen-bond acceptors (Lipinski definition) is 2. The summed E-state index contributed by atoms with van der Waals surface area (Å²) in [6.45, 7) is 0.815. The molecule has 21 heavy (non-hydrogen) atoms. The van der Waals surface area contributed by atoms with Crippen molar-refractivity contribution < 1.29 is 4.39 Å². The molecule has 1 aliphatic rings. The van der Waals surface area contributed by atoms with Crippen molar-refractivity contribution in [3.63, 3.8) is 0 Å². The van der Waals surface area contributed by atoms with Gasteiger partial charge in [-0.25, -0.2) is 9.37 Å². The number of benzene rings is 1. The van der Waals surface area contributed by atoms with E-state index >= 15 is 0 Å². The van der Waals surface area contributed by atoms with Gasteiger partial charge in [0.2, 0.25) is 5.95 Å². The zero-order valence-corrected chi connectivity index (χ0v) is 12.3. The Kier molecular flexibility index (Phi) is 4.53. The number of halogens is 1. The zero-order chi connectivity index (χ0) is 14.5. The van der Waals surface area contributed by atoms with Crippen molar-refractivity contribution in [1.82, 2.24) is 9.55 Å². The summed E-state index contributed by atoms with van der Waals surface area (Å²) in [7, 11) is 0. The molecule has 1 heterocycles. The van der Waals surface area contributed by atoms with Gasteiger partial charge in [-0.1, -0.05) is 31.4 Å². The molecule has 0 radical (unpaired) electrons. The molecule has 1 aliphatic carbocycles. The minimum Gasteiger partial charge on any atom is -0.355 e. The van der Waals surface area contributed by atoms with Gasteiger partial charge in [0.1, 0.15) is 5.82 Å². The van der Waals surface area contributed by atoms with Gasteiger partial charge in [0, 0.05) is 25.0 Å². The van der Waals surface area contributed by atoms with Gasteiger partial charge < -0.3 is 9.88 Å². The van der Waals surface area contributed by atoms with Crippen LogP contribution < -0.4 is 5.32 Å². The Bertz CT molecular complexity index is 556. The van der Waals surface area contributed by atoms with Crippen LogP contribution in [0.1, 0.15) is 43.7 Å². The summed E-state index contributed by atoms with van der Waals surface area (Å²) >= 11 is 0. The summed E-state index contributed by atoms with van der Waals surface area (Å²) in [6, 6.07) is 7.29. The summed E-state index contributed by atoms with van der Waals surface area (Å²) in [5.41, 5.74) is 1.14. The average molecular weight is 287 g/mol. The lowest BCUT2D eigenvalue weighted by atomic mass is 9.95. The van der Waals surface area contributed by atoms with E-state index in [0.29, 0.717) is 6.04 Å². The van der Waals surface area contributed by atoms with Gasteiger partial charge in [-0.05, 0) is 37.0 Å². The van der Waals surface area contributed by atoms with E-state index < -0.39 is 0 Å². The molecule has 1 fully saturated rings. The van der Waals surface area contributed by atoms with Crippen molar-refractivity contribution in [2.24, 2.45) is 0 Å². The largest absolute Gasteiger partial charge is 0.355 e. The maximum atomic E-state index is 12.9. The van der Waals surface area contributed by atoms with E-state index in [-0.39, 0.29) is 5.82 Å². The third-order valence-electron chi connectivity index (χ3n) is 4.25. The molecule has 1 N–H and O–H groups in total. The van der Waals surface area contributed by atoms with E-state index in [1.54, 1.807) is 0 Å². The zero-order valence-electron chi connectivity index (χ0n) is 12.3. The lowest BCUT2D eigenvalue weighted by Gasteiger charge is -2.24. The minimum atomic E-state index is -0.181. The van der Waals surface area contributed by atoms with Gasteiger partial charge in [0.15, 0.2) is 0 Å². The number of nitrogens with zero attached hydrogens (tertiary/aromatic N) is 2.